The molecule has 0 bridgehead atoms. The summed E-state index contributed by atoms with van der Waals surface area (Å²) in [7, 11) is 3.24. The number of aromatic nitrogens is 4. The standard InChI is InChI=1S/C11H10ClN3O.C11H11N3O2.Cl3OP/c1-16-9-4-2-8(3-5-9)14-11-13-7-6-10(12)15-11;1-16-9-4-2-8(3-5-9)13-11-12-7-6-10(15)14-11;1-5(2,3)4/h2-7H,1H3,(H,13,14,15);2-7H,1H3,(H2,12,13,14,15);. The summed E-state index contributed by atoms with van der Waals surface area (Å²) in [6.45, 7) is 0. The zero-order chi connectivity index (χ0) is 27.3. The van der Waals surface area contributed by atoms with Gasteiger partial charge in [-0.05, 0) is 88.3 Å². The number of rotatable bonds is 6. The number of nitrogens with one attached hydrogen (secondary N) is 3. The zero-order valence-electron chi connectivity index (χ0n) is 19.4. The third kappa shape index (κ3) is 13.2. The first-order valence-electron chi connectivity index (χ1n) is 10.1. The molecule has 15 heteroatoms. The van der Waals surface area contributed by atoms with Crippen LogP contribution in [0.25, 0.3) is 0 Å². The number of H-pyrrole nitrogens is 1. The van der Waals surface area contributed by atoms with Gasteiger partial charge in [-0.25, -0.2) is 15.0 Å². The number of methoxy groups -OCH3 is 2. The van der Waals surface area contributed by atoms with E-state index < -0.39 is 5.20 Å². The van der Waals surface area contributed by atoms with Crippen LogP contribution in [-0.2, 0) is 4.57 Å². The van der Waals surface area contributed by atoms with Gasteiger partial charge in [0.1, 0.15) is 16.7 Å². The van der Waals surface area contributed by atoms with Gasteiger partial charge in [-0.1, -0.05) is 11.6 Å². The Labute approximate surface area is 232 Å². The Morgan fingerprint density at radius 1 is 0.784 bits per heavy atom. The first-order chi connectivity index (χ1) is 17.6. The fraction of sp³-hybridized carbons (Fsp3) is 0.0909. The van der Waals surface area contributed by atoms with Crippen LogP contribution in [0.15, 0.2) is 77.9 Å². The van der Waals surface area contributed by atoms with Crippen molar-refractivity contribution in [2.24, 2.45) is 0 Å². The normalized spacial score (nSPS) is 10.1. The number of benzene rings is 2. The lowest BCUT2D eigenvalue weighted by Crippen LogP contribution is -2.08. The Morgan fingerprint density at radius 3 is 1.73 bits per heavy atom. The molecule has 0 saturated heterocycles. The van der Waals surface area contributed by atoms with Gasteiger partial charge in [0.25, 0.3) is 5.56 Å². The Kier molecular flexibility index (Phi) is 12.5. The summed E-state index contributed by atoms with van der Waals surface area (Å²) in [5.74, 6) is 2.47. The third-order valence-electron chi connectivity index (χ3n) is 3.99. The molecule has 4 rings (SSSR count). The minimum absolute atomic E-state index is 0.189. The minimum atomic E-state index is -3.22. The highest BCUT2D eigenvalue weighted by Gasteiger charge is 2.03. The van der Waals surface area contributed by atoms with Gasteiger partial charge in [0.05, 0.1) is 14.2 Å². The maximum absolute atomic E-state index is 11.0. The van der Waals surface area contributed by atoms with Gasteiger partial charge in [-0.3, -0.25) is 14.3 Å². The van der Waals surface area contributed by atoms with Crippen molar-refractivity contribution in [1.82, 2.24) is 19.9 Å². The number of nitrogens with zero attached hydrogens (tertiary/aromatic N) is 3. The first kappa shape index (κ1) is 30.2. The van der Waals surface area contributed by atoms with Gasteiger partial charge in [0, 0.05) is 29.8 Å². The lowest BCUT2D eigenvalue weighted by atomic mass is 10.3. The van der Waals surface area contributed by atoms with E-state index in [4.69, 9.17) is 21.1 Å². The second kappa shape index (κ2) is 15.3. The second-order valence-corrected chi connectivity index (χ2v) is 13.6. The highest BCUT2D eigenvalue weighted by molar-refractivity contribution is 8.24. The van der Waals surface area contributed by atoms with E-state index in [9.17, 15) is 9.36 Å². The Bertz CT molecular complexity index is 1350. The van der Waals surface area contributed by atoms with Gasteiger partial charge in [-0.15, -0.1) is 0 Å². The van der Waals surface area contributed by atoms with Gasteiger partial charge in [0.15, 0.2) is 0 Å². The molecule has 4 aromatic rings. The van der Waals surface area contributed by atoms with Crippen LogP contribution in [0.4, 0.5) is 23.3 Å². The van der Waals surface area contributed by atoms with E-state index in [1.165, 1.54) is 12.3 Å². The Hall–Kier alpha value is -3.01. The summed E-state index contributed by atoms with van der Waals surface area (Å²) in [6, 6.07) is 17.8. The highest BCUT2D eigenvalue weighted by Crippen LogP contribution is 2.61. The molecule has 0 unspecified atom stereocenters. The lowest BCUT2D eigenvalue weighted by molar-refractivity contribution is 0.415. The number of ether oxygens (including phenoxy) is 2. The van der Waals surface area contributed by atoms with E-state index in [2.05, 4.69) is 64.3 Å². The van der Waals surface area contributed by atoms with Crippen LogP contribution >= 0.6 is 50.5 Å². The molecule has 37 heavy (non-hydrogen) atoms. The summed E-state index contributed by atoms with van der Waals surface area (Å²) >= 11 is 19.6. The molecule has 196 valence electrons. The molecule has 0 atom stereocenters. The fourth-order valence-electron chi connectivity index (χ4n) is 2.45. The molecular weight excluding hydrogens is 585 g/mol. The second-order valence-electron chi connectivity index (χ2n) is 6.59. The van der Waals surface area contributed by atoms with Gasteiger partial charge in [0.2, 0.25) is 11.9 Å². The van der Waals surface area contributed by atoms with Crippen LogP contribution in [0.3, 0.4) is 0 Å². The smallest absolute Gasteiger partial charge is 0.339 e. The van der Waals surface area contributed by atoms with Crippen molar-refractivity contribution in [3.63, 3.8) is 0 Å². The van der Waals surface area contributed by atoms with Crippen LogP contribution < -0.4 is 25.7 Å². The molecule has 0 aliphatic rings. The molecule has 0 aliphatic carbocycles. The van der Waals surface area contributed by atoms with Gasteiger partial charge >= 0.3 is 5.20 Å². The Morgan fingerprint density at radius 2 is 1.27 bits per heavy atom. The van der Waals surface area contributed by atoms with E-state index in [0.717, 1.165) is 22.9 Å². The van der Waals surface area contributed by atoms with Crippen molar-refractivity contribution in [1.29, 1.82) is 0 Å². The third-order valence-corrected chi connectivity index (χ3v) is 4.20. The van der Waals surface area contributed by atoms with Gasteiger partial charge in [-0.2, -0.15) is 0 Å². The van der Waals surface area contributed by atoms with Crippen LogP contribution in [0.5, 0.6) is 11.5 Å². The number of hydrogen-bond donors (Lipinski definition) is 3. The molecule has 10 nitrogen and oxygen atoms in total. The molecule has 0 radical (unpaired) electrons. The predicted molar refractivity (Wildman–Crippen MR) is 150 cm³/mol. The first-order valence-corrected chi connectivity index (χ1v) is 14.9. The van der Waals surface area contributed by atoms with E-state index in [0.29, 0.717) is 17.0 Å². The molecule has 0 saturated carbocycles. The monoisotopic (exact) mass is 604 g/mol. The van der Waals surface area contributed by atoms with E-state index >= 15 is 0 Å². The molecule has 2 aromatic carbocycles. The SMILES string of the molecule is COc1ccc(Nc2nccc(=O)[nH]2)cc1.COc1ccc(Nc2nccc(Cl)n2)cc1.O=P(Cl)(Cl)Cl. The fourth-order valence-corrected chi connectivity index (χ4v) is 2.58. The molecule has 2 heterocycles. The molecule has 0 fully saturated rings. The van der Waals surface area contributed by atoms with Crippen LogP contribution in [0.2, 0.25) is 5.15 Å². The molecule has 0 aliphatic heterocycles. The Balaban J connectivity index is 0.000000221. The van der Waals surface area contributed by atoms with Crippen molar-refractivity contribution in [2.75, 3.05) is 24.9 Å². The van der Waals surface area contributed by atoms with E-state index in [1.807, 2.05) is 48.5 Å². The van der Waals surface area contributed by atoms with Crippen molar-refractivity contribution < 1.29 is 14.0 Å². The molecular formula is C22H21Cl4N6O4P. The van der Waals surface area contributed by atoms with Gasteiger partial charge < -0.3 is 20.1 Å². The number of hydrogen-bond acceptors (Lipinski definition) is 9. The minimum Gasteiger partial charge on any atom is -0.497 e. The average Bonchev–Trinajstić information content (AvgIpc) is 2.84. The molecule has 3 N–H and O–H groups in total. The largest absolute Gasteiger partial charge is 0.497 e. The van der Waals surface area contributed by atoms with Crippen LogP contribution in [0, 0.1) is 0 Å². The highest BCUT2D eigenvalue weighted by atomic mass is 36.0. The van der Waals surface area contributed by atoms with Crippen LogP contribution in [0.1, 0.15) is 0 Å². The summed E-state index contributed by atoms with van der Waals surface area (Å²) in [5.41, 5.74) is 1.52. The number of halogens is 4. The quantitative estimate of drug-likeness (QED) is 0.154. The average molecular weight is 606 g/mol. The molecule has 0 amide bonds. The summed E-state index contributed by atoms with van der Waals surface area (Å²) in [4.78, 5) is 25.6. The number of anilines is 4. The summed E-state index contributed by atoms with van der Waals surface area (Å²) in [6.07, 6.45) is 3.05. The summed E-state index contributed by atoms with van der Waals surface area (Å²) in [5, 5.41) is 3.19. The predicted octanol–water partition coefficient (Wildman–Crippen LogP) is 7.22. The van der Waals surface area contributed by atoms with Crippen molar-refractivity contribution in [3.05, 3.63) is 88.6 Å². The summed E-state index contributed by atoms with van der Waals surface area (Å²) < 4.78 is 19.6. The molecule has 0 spiro atoms. The van der Waals surface area contributed by atoms with Crippen molar-refractivity contribution in [2.45, 2.75) is 0 Å². The van der Waals surface area contributed by atoms with E-state index in [1.54, 1.807) is 26.5 Å². The van der Waals surface area contributed by atoms with Crippen molar-refractivity contribution in [3.8, 4) is 11.5 Å². The van der Waals surface area contributed by atoms with Crippen molar-refractivity contribution >= 4 is 73.8 Å². The maximum atomic E-state index is 11.0. The van der Waals surface area contributed by atoms with E-state index in [-0.39, 0.29) is 5.56 Å². The number of aromatic amines is 1. The topological polar surface area (TPSA) is 131 Å². The lowest BCUT2D eigenvalue weighted by Gasteiger charge is -2.05. The molecule has 2 aromatic heterocycles. The van der Waals surface area contributed by atoms with Crippen LogP contribution in [-0.4, -0.2) is 34.2 Å². The maximum Gasteiger partial charge on any atom is 0.339 e. The zero-order valence-corrected chi connectivity index (χ0v) is 23.3.